The minimum absolute atomic E-state index is 0.276. The Morgan fingerprint density at radius 2 is 1.54 bits per heavy atom. The van der Waals surface area contributed by atoms with Crippen molar-refractivity contribution in [1.82, 2.24) is 0 Å². The minimum Gasteiger partial charge on any atom is -0.391 e. The Morgan fingerprint density at radius 3 is 2.29 bits per heavy atom. The Morgan fingerprint density at radius 1 is 0.857 bits per heavy atom. The Hall–Kier alpha value is -3.24. The van der Waals surface area contributed by atoms with Crippen molar-refractivity contribution in [3.05, 3.63) is 107 Å². The minimum atomic E-state index is -0.276. The van der Waals surface area contributed by atoms with Gasteiger partial charge in [-0.1, -0.05) is 95.6 Å². The van der Waals surface area contributed by atoms with Crippen molar-refractivity contribution in [2.75, 3.05) is 0 Å². The van der Waals surface area contributed by atoms with Crippen LogP contribution in [0.25, 0.3) is 0 Å². The van der Waals surface area contributed by atoms with E-state index in [9.17, 15) is 0 Å². The van der Waals surface area contributed by atoms with Gasteiger partial charge in [0.1, 0.15) is 12.3 Å². The van der Waals surface area contributed by atoms with Gasteiger partial charge in [0.05, 0.1) is 11.9 Å². The van der Waals surface area contributed by atoms with Gasteiger partial charge < -0.3 is 4.84 Å². The molecule has 1 atom stereocenters. The summed E-state index contributed by atoms with van der Waals surface area (Å²) < 4.78 is 0. The first-order valence-electron chi connectivity index (χ1n) is 8.96. The van der Waals surface area contributed by atoms with Crippen LogP contribution in [-0.4, -0.2) is 17.6 Å². The van der Waals surface area contributed by atoms with Gasteiger partial charge in [0, 0.05) is 16.1 Å². The third-order valence-electron chi connectivity index (χ3n) is 4.33. The predicted molar refractivity (Wildman–Crippen MR) is 114 cm³/mol. The molecule has 1 aliphatic heterocycles. The summed E-state index contributed by atoms with van der Waals surface area (Å²) in [5.74, 6) is 0. The van der Waals surface area contributed by atoms with Crippen LogP contribution in [0.5, 0.6) is 0 Å². The highest BCUT2D eigenvalue weighted by Gasteiger charge is 2.22. The highest BCUT2D eigenvalue weighted by Crippen LogP contribution is 2.25. The lowest BCUT2D eigenvalue weighted by atomic mass is 10.1. The van der Waals surface area contributed by atoms with Crippen LogP contribution in [0, 0.1) is 0 Å². The van der Waals surface area contributed by atoms with Crippen LogP contribution in [0.4, 0.5) is 0 Å². The number of aliphatic imine (C=N–C) groups is 2. The van der Waals surface area contributed by atoms with Crippen molar-refractivity contribution in [1.29, 1.82) is 0 Å². The zero-order valence-electron chi connectivity index (χ0n) is 15.1. The monoisotopic (exact) mass is 387 g/mol. The maximum absolute atomic E-state index is 6.15. The first-order chi connectivity index (χ1) is 13.8. The van der Waals surface area contributed by atoms with Gasteiger partial charge in [-0.15, -0.1) is 0 Å². The summed E-state index contributed by atoms with van der Waals surface area (Å²) in [6.07, 6.45) is 1.34. The Kier molecular flexibility index (Phi) is 5.59. The molecule has 4 nitrogen and oxygen atoms in total. The fraction of sp³-hybridized carbons (Fsp3) is 0.0870. The lowest BCUT2D eigenvalue weighted by Gasteiger charge is -2.03. The summed E-state index contributed by atoms with van der Waals surface area (Å²) in [6, 6.07) is 27.5. The molecule has 0 radical (unpaired) electrons. The van der Waals surface area contributed by atoms with Crippen LogP contribution in [0.2, 0.25) is 5.02 Å². The molecule has 0 N–H and O–H groups in total. The standard InChI is InChI=1S/C23H18ClN3O/c24-20-14-8-7-13-19(20)16-28-25-15-21-22(17-9-3-1-4-10-17)27-23(26-21)18-11-5-2-6-12-18/h1-15,23H,16H2/b25-15+. The summed E-state index contributed by atoms with van der Waals surface area (Å²) in [6.45, 7) is 0.295. The molecule has 28 heavy (non-hydrogen) atoms. The number of oxime groups is 1. The van der Waals surface area contributed by atoms with Gasteiger partial charge in [-0.3, -0.25) is 4.99 Å². The molecule has 0 bridgehead atoms. The van der Waals surface area contributed by atoms with Gasteiger partial charge in [0.25, 0.3) is 0 Å². The second-order valence-corrected chi connectivity index (χ2v) is 6.65. The van der Waals surface area contributed by atoms with Gasteiger partial charge in [-0.05, 0) is 11.6 Å². The third-order valence-corrected chi connectivity index (χ3v) is 4.70. The molecule has 5 heteroatoms. The van der Waals surface area contributed by atoms with E-state index in [1.54, 1.807) is 6.21 Å². The maximum atomic E-state index is 6.15. The maximum Gasteiger partial charge on any atom is 0.166 e. The van der Waals surface area contributed by atoms with Crippen LogP contribution in [-0.2, 0) is 11.4 Å². The van der Waals surface area contributed by atoms with Gasteiger partial charge in [0.2, 0.25) is 0 Å². The number of hydrogen-bond acceptors (Lipinski definition) is 4. The number of hydrogen-bond donors (Lipinski definition) is 0. The SMILES string of the molecule is Clc1ccccc1CO/N=C/C1=NC(c2ccccc2)N=C1c1ccccc1. The molecule has 3 aromatic rings. The van der Waals surface area contributed by atoms with Crippen LogP contribution < -0.4 is 0 Å². The van der Waals surface area contributed by atoms with Gasteiger partial charge in [-0.25, -0.2) is 4.99 Å². The van der Waals surface area contributed by atoms with E-state index in [1.807, 2.05) is 84.9 Å². The molecule has 138 valence electrons. The Balaban J connectivity index is 1.54. The molecule has 0 aliphatic carbocycles. The fourth-order valence-electron chi connectivity index (χ4n) is 2.91. The Labute approximate surface area is 168 Å². The summed E-state index contributed by atoms with van der Waals surface area (Å²) >= 11 is 6.15. The van der Waals surface area contributed by atoms with Crippen molar-refractivity contribution in [3.63, 3.8) is 0 Å². The van der Waals surface area contributed by atoms with Gasteiger partial charge >= 0.3 is 0 Å². The topological polar surface area (TPSA) is 46.3 Å². The van der Waals surface area contributed by atoms with E-state index >= 15 is 0 Å². The molecule has 1 unspecified atom stereocenters. The molecule has 1 heterocycles. The first kappa shape index (κ1) is 18.1. The fourth-order valence-corrected chi connectivity index (χ4v) is 3.10. The average Bonchev–Trinajstić information content (AvgIpc) is 3.18. The molecule has 0 saturated carbocycles. The number of nitrogens with zero attached hydrogens (tertiary/aromatic N) is 3. The third kappa shape index (κ3) is 4.18. The van der Waals surface area contributed by atoms with E-state index in [1.165, 1.54) is 0 Å². The van der Waals surface area contributed by atoms with E-state index in [0.717, 1.165) is 22.4 Å². The molecule has 0 aromatic heterocycles. The number of benzene rings is 3. The van der Waals surface area contributed by atoms with E-state index < -0.39 is 0 Å². The smallest absolute Gasteiger partial charge is 0.166 e. The zero-order chi connectivity index (χ0) is 19.2. The van der Waals surface area contributed by atoms with Gasteiger partial charge in [0.15, 0.2) is 6.17 Å². The molecule has 0 spiro atoms. The van der Waals surface area contributed by atoms with Crippen LogP contribution in [0.3, 0.4) is 0 Å². The Bertz CT molecular complexity index is 1030. The van der Waals surface area contributed by atoms with E-state index in [-0.39, 0.29) is 6.17 Å². The van der Waals surface area contributed by atoms with Crippen molar-refractivity contribution >= 4 is 29.2 Å². The van der Waals surface area contributed by atoms with Crippen LogP contribution in [0.1, 0.15) is 22.9 Å². The lowest BCUT2D eigenvalue weighted by Crippen LogP contribution is -2.13. The second-order valence-electron chi connectivity index (χ2n) is 6.24. The van der Waals surface area contributed by atoms with E-state index in [0.29, 0.717) is 17.3 Å². The molecule has 0 fully saturated rings. The average molecular weight is 388 g/mol. The zero-order valence-corrected chi connectivity index (χ0v) is 15.8. The summed E-state index contributed by atoms with van der Waals surface area (Å²) in [5, 5.41) is 4.76. The highest BCUT2D eigenvalue weighted by molar-refractivity contribution is 6.67. The molecule has 1 aliphatic rings. The van der Waals surface area contributed by atoms with Crippen molar-refractivity contribution in [2.24, 2.45) is 15.1 Å². The molecule has 4 rings (SSSR count). The summed E-state index contributed by atoms with van der Waals surface area (Å²) in [4.78, 5) is 15.0. The van der Waals surface area contributed by atoms with Crippen LogP contribution in [0.15, 0.2) is 100 Å². The largest absolute Gasteiger partial charge is 0.391 e. The summed E-state index contributed by atoms with van der Waals surface area (Å²) in [7, 11) is 0. The van der Waals surface area contributed by atoms with Crippen molar-refractivity contribution in [2.45, 2.75) is 12.8 Å². The molecule has 0 amide bonds. The first-order valence-corrected chi connectivity index (χ1v) is 9.34. The predicted octanol–water partition coefficient (Wildman–Crippen LogP) is 5.49. The normalized spacial score (nSPS) is 16.1. The van der Waals surface area contributed by atoms with E-state index in [4.69, 9.17) is 26.4 Å². The van der Waals surface area contributed by atoms with E-state index in [2.05, 4.69) is 5.16 Å². The molecular weight excluding hydrogens is 370 g/mol. The molecule has 3 aromatic carbocycles. The second kappa shape index (κ2) is 8.63. The molecule has 0 saturated heterocycles. The van der Waals surface area contributed by atoms with Gasteiger partial charge in [-0.2, -0.15) is 0 Å². The summed E-state index contributed by atoms with van der Waals surface area (Å²) in [5.41, 5.74) is 4.42. The highest BCUT2D eigenvalue weighted by atomic mass is 35.5. The number of rotatable bonds is 6. The van der Waals surface area contributed by atoms with Crippen molar-refractivity contribution < 1.29 is 4.84 Å². The van der Waals surface area contributed by atoms with Crippen molar-refractivity contribution in [3.8, 4) is 0 Å². The number of halogens is 1. The van der Waals surface area contributed by atoms with Crippen LogP contribution >= 0.6 is 11.6 Å². The lowest BCUT2D eigenvalue weighted by molar-refractivity contribution is 0.132. The quantitative estimate of drug-likeness (QED) is 0.407. The molecular formula is C23H18ClN3O.